The Balaban J connectivity index is 1.79. The highest BCUT2D eigenvalue weighted by Crippen LogP contribution is 2.24. The molecule has 0 aromatic heterocycles. The third kappa shape index (κ3) is 6.72. The van der Waals surface area contributed by atoms with Crippen LogP contribution in [0.5, 0.6) is 0 Å². The molecule has 3 aromatic rings. The maximum absolute atomic E-state index is 13.4. The number of rotatable bonds is 10. The zero-order valence-electron chi connectivity index (χ0n) is 19.1. The van der Waals surface area contributed by atoms with Crippen LogP contribution in [0.1, 0.15) is 44.2 Å². The van der Waals surface area contributed by atoms with E-state index in [0.29, 0.717) is 29.4 Å². The molecule has 0 aliphatic carbocycles. The number of aryl methyl sites for hydroxylation is 1. The van der Waals surface area contributed by atoms with Crippen LogP contribution in [-0.2, 0) is 22.6 Å². The minimum Gasteiger partial charge on any atom is -0.354 e. The molecular formula is C27H30Cl2N2O2. The fourth-order valence-electron chi connectivity index (χ4n) is 3.85. The predicted molar refractivity (Wildman–Crippen MR) is 137 cm³/mol. The Hall–Kier alpha value is -2.56. The topological polar surface area (TPSA) is 49.4 Å². The Bertz CT molecular complexity index is 1110. The van der Waals surface area contributed by atoms with Gasteiger partial charge in [-0.05, 0) is 53.8 Å². The number of unbranched alkanes of at least 4 members (excludes halogenated alkanes) is 1. The van der Waals surface area contributed by atoms with Crippen LogP contribution >= 0.6 is 23.2 Å². The number of nitrogens with zero attached hydrogens (tertiary/aromatic N) is 1. The molecule has 3 aromatic carbocycles. The van der Waals surface area contributed by atoms with Gasteiger partial charge in [-0.15, -0.1) is 0 Å². The Labute approximate surface area is 205 Å². The molecule has 0 spiro atoms. The number of benzene rings is 3. The molecule has 1 N–H and O–H groups in total. The third-order valence-corrected chi connectivity index (χ3v) is 6.43. The van der Waals surface area contributed by atoms with E-state index in [1.807, 2.05) is 18.2 Å². The summed E-state index contributed by atoms with van der Waals surface area (Å²) in [7, 11) is 0. The molecule has 0 saturated carbocycles. The van der Waals surface area contributed by atoms with Gasteiger partial charge in [-0.1, -0.05) is 85.1 Å². The third-order valence-electron chi connectivity index (χ3n) is 5.84. The Morgan fingerprint density at radius 2 is 1.76 bits per heavy atom. The molecule has 0 saturated heterocycles. The molecular weight excluding hydrogens is 455 g/mol. The summed E-state index contributed by atoms with van der Waals surface area (Å²) in [5.41, 5.74) is 1.87. The molecule has 6 heteroatoms. The number of carbonyl (C=O) groups is 2. The van der Waals surface area contributed by atoms with Crippen molar-refractivity contribution in [3.63, 3.8) is 0 Å². The summed E-state index contributed by atoms with van der Waals surface area (Å²) in [6.45, 7) is 4.67. The van der Waals surface area contributed by atoms with Crippen molar-refractivity contribution in [1.82, 2.24) is 10.2 Å². The molecule has 2 amide bonds. The van der Waals surface area contributed by atoms with E-state index in [9.17, 15) is 9.59 Å². The molecule has 0 aliphatic rings. The fourth-order valence-corrected chi connectivity index (χ4v) is 4.32. The summed E-state index contributed by atoms with van der Waals surface area (Å²) in [5, 5.41) is 6.24. The number of fused-ring (bicyclic) bond motifs is 1. The van der Waals surface area contributed by atoms with Crippen LogP contribution in [0.25, 0.3) is 10.8 Å². The highest BCUT2D eigenvalue weighted by atomic mass is 35.5. The molecule has 0 unspecified atom stereocenters. The first kappa shape index (κ1) is 25.1. The molecule has 0 bridgehead atoms. The van der Waals surface area contributed by atoms with Crippen molar-refractivity contribution in [2.75, 3.05) is 6.54 Å². The summed E-state index contributed by atoms with van der Waals surface area (Å²) in [5.74, 6) is -0.251. The number of hydrogen-bond acceptors (Lipinski definition) is 2. The lowest BCUT2D eigenvalue weighted by Crippen LogP contribution is -2.47. The van der Waals surface area contributed by atoms with Crippen molar-refractivity contribution in [1.29, 1.82) is 0 Å². The highest BCUT2D eigenvalue weighted by molar-refractivity contribution is 6.35. The number of hydrogen-bond donors (Lipinski definition) is 1. The van der Waals surface area contributed by atoms with Crippen molar-refractivity contribution in [3.8, 4) is 0 Å². The predicted octanol–water partition coefficient (Wildman–Crippen LogP) is 6.41. The SMILES string of the molecule is CCCCNC(=O)[C@H](C)N(Cc1ccc(Cl)cc1Cl)C(=O)CCc1cccc2ccccc12. The second-order valence-corrected chi connectivity index (χ2v) is 9.06. The van der Waals surface area contributed by atoms with Crippen molar-refractivity contribution >= 4 is 45.8 Å². The van der Waals surface area contributed by atoms with Gasteiger partial charge in [0.25, 0.3) is 0 Å². The highest BCUT2D eigenvalue weighted by Gasteiger charge is 2.26. The lowest BCUT2D eigenvalue weighted by molar-refractivity contribution is -0.140. The molecule has 0 heterocycles. The maximum atomic E-state index is 13.4. The fraction of sp³-hybridized carbons (Fsp3) is 0.333. The number of nitrogens with one attached hydrogen (secondary N) is 1. The summed E-state index contributed by atoms with van der Waals surface area (Å²) in [4.78, 5) is 27.8. The van der Waals surface area contributed by atoms with E-state index in [2.05, 4.69) is 36.5 Å². The summed E-state index contributed by atoms with van der Waals surface area (Å²) < 4.78 is 0. The smallest absolute Gasteiger partial charge is 0.242 e. The van der Waals surface area contributed by atoms with Gasteiger partial charge < -0.3 is 10.2 Å². The first-order valence-corrected chi connectivity index (χ1v) is 12.1. The van der Waals surface area contributed by atoms with Gasteiger partial charge in [-0.2, -0.15) is 0 Å². The summed E-state index contributed by atoms with van der Waals surface area (Å²) >= 11 is 12.4. The van der Waals surface area contributed by atoms with Crippen LogP contribution in [0.3, 0.4) is 0 Å². The molecule has 33 heavy (non-hydrogen) atoms. The van der Waals surface area contributed by atoms with Gasteiger partial charge in [-0.25, -0.2) is 0 Å². The minimum atomic E-state index is -0.617. The van der Waals surface area contributed by atoms with Crippen molar-refractivity contribution < 1.29 is 9.59 Å². The second kappa shape index (κ2) is 12.1. The van der Waals surface area contributed by atoms with E-state index in [0.717, 1.165) is 34.7 Å². The Morgan fingerprint density at radius 3 is 2.52 bits per heavy atom. The largest absolute Gasteiger partial charge is 0.354 e. The molecule has 4 nitrogen and oxygen atoms in total. The normalized spacial score (nSPS) is 11.9. The van der Waals surface area contributed by atoms with Gasteiger partial charge in [0.2, 0.25) is 11.8 Å². The monoisotopic (exact) mass is 484 g/mol. The standard InChI is InChI=1S/C27H30Cl2N2O2/c1-3-4-16-30-27(33)19(2)31(18-22-12-14-23(28)17-25(22)29)26(32)15-13-21-10-7-9-20-8-5-6-11-24(20)21/h5-12,14,17,19H,3-4,13,15-16,18H2,1-2H3,(H,30,33)/t19-/m0/s1. The van der Waals surface area contributed by atoms with E-state index in [1.165, 1.54) is 0 Å². The van der Waals surface area contributed by atoms with Gasteiger partial charge in [0.05, 0.1) is 0 Å². The quantitative estimate of drug-likeness (QED) is 0.337. The zero-order chi connectivity index (χ0) is 23.8. The van der Waals surface area contributed by atoms with Crippen LogP contribution in [0.15, 0.2) is 60.7 Å². The average molecular weight is 485 g/mol. The van der Waals surface area contributed by atoms with Crippen LogP contribution in [0.4, 0.5) is 0 Å². The van der Waals surface area contributed by atoms with Crippen LogP contribution in [0, 0.1) is 0 Å². The maximum Gasteiger partial charge on any atom is 0.242 e. The molecule has 0 fully saturated rings. The van der Waals surface area contributed by atoms with Gasteiger partial charge in [0.15, 0.2) is 0 Å². The van der Waals surface area contributed by atoms with E-state index >= 15 is 0 Å². The second-order valence-electron chi connectivity index (χ2n) is 8.22. The van der Waals surface area contributed by atoms with E-state index in [-0.39, 0.29) is 18.4 Å². The van der Waals surface area contributed by atoms with Crippen molar-refractivity contribution in [2.24, 2.45) is 0 Å². The van der Waals surface area contributed by atoms with Gasteiger partial charge >= 0.3 is 0 Å². The van der Waals surface area contributed by atoms with E-state index in [1.54, 1.807) is 30.0 Å². The summed E-state index contributed by atoms with van der Waals surface area (Å²) in [6.07, 6.45) is 2.78. The number of carbonyl (C=O) groups excluding carboxylic acids is 2. The lowest BCUT2D eigenvalue weighted by Gasteiger charge is -2.29. The van der Waals surface area contributed by atoms with Gasteiger partial charge in [0.1, 0.15) is 6.04 Å². The zero-order valence-corrected chi connectivity index (χ0v) is 20.6. The van der Waals surface area contributed by atoms with Gasteiger partial charge in [-0.3, -0.25) is 9.59 Å². The number of halogens is 2. The minimum absolute atomic E-state index is 0.0907. The Kier molecular flexibility index (Phi) is 9.16. The number of amides is 2. The molecule has 3 rings (SSSR count). The molecule has 1 atom stereocenters. The van der Waals surface area contributed by atoms with E-state index in [4.69, 9.17) is 23.2 Å². The molecule has 0 radical (unpaired) electrons. The van der Waals surface area contributed by atoms with Gasteiger partial charge in [0, 0.05) is 29.6 Å². The van der Waals surface area contributed by atoms with Crippen LogP contribution < -0.4 is 5.32 Å². The lowest BCUT2D eigenvalue weighted by atomic mass is 10.0. The van der Waals surface area contributed by atoms with Crippen LogP contribution in [0.2, 0.25) is 10.0 Å². The Morgan fingerprint density at radius 1 is 1.00 bits per heavy atom. The average Bonchev–Trinajstić information content (AvgIpc) is 2.81. The van der Waals surface area contributed by atoms with Crippen molar-refractivity contribution in [3.05, 3.63) is 81.8 Å². The first-order valence-electron chi connectivity index (χ1n) is 11.4. The summed E-state index contributed by atoms with van der Waals surface area (Å²) in [6, 6.07) is 18.9. The molecule has 0 aliphatic heterocycles. The molecule has 174 valence electrons. The van der Waals surface area contributed by atoms with Crippen molar-refractivity contribution in [2.45, 2.75) is 52.1 Å². The van der Waals surface area contributed by atoms with Crippen LogP contribution in [-0.4, -0.2) is 29.3 Å². The first-order chi connectivity index (χ1) is 15.9. The van der Waals surface area contributed by atoms with E-state index < -0.39 is 6.04 Å².